The number of hydrogen-bond donors (Lipinski definition) is 1. The van der Waals surface area contributed by atoms with Gasteiger partial charge in [-0.15, -0.1) is 0 Å². The SMILES string of the molecule is CC(C)OC(=O)CCNC(=O)c1cccc([N+](=O)[O-])c1. The molecular weight excluding hydrogens is 264 g/mol. The van der Waals surface area contributed by atoms with Gasteiger partial charge < -0.3 is 10.1 Å². The normalized spacial score (nSPS) is 10.2. The van der Waals surface area contributed by atoms with Crippen LogP contribution in [0.5, 0.6) is 0 Å². The minimum atomic E-state index is -0.573. The standard InChI is InChI=1S/C13H16N2O5/c1-9(2)20-12(16)6-7-14-13(17)10-4-3-5-11(8-10)15(18)19/h3-5,8-9H,6-7H2,1-2H3,(H,14,17). The van der Waals surface area contributed by atoms with Crippen molar-refractivity contribution in [3.63, 3.8) is 0 Å². The Morgan fingerprint density at radius 1 is 1.40 bits per heavy atom. The number of nitro benzene ring substituents is 1. The van der Waals surface area contributed by atoms with E-state index < -0.39 is 16.8 Å². The lowest BCUT2D eigenvalue weighted by molar-refractivity contribution is -0.384. The summed E-state index contributed by atoms with van der Waals surface area (Å²) in [7, 11) is 0. The Kier molecular flexibility index (Phi) is 5.64. The molecule has 0 saturated heterocycles. The first-order valence-corrected chi connectivity index (χ1v) is 6.12. The van der Waals surface area contributed by atoms with Crippen LogP contribution in [0.2, 0.25) is 0 Å². The maximum Gasteiger partial charge on any atom is 0.307 e. The van der Waals surface area contributed by atoms with E-state index in [1.54, 1.807) is 13.8 Å². The molecule has 1 rings (SSSR count). The van der Waals surface area contributed by atoms with Gasteiger partial charge in [-0.2, -0.15) is 0 Å². The fraction of sp³-hybridized carbons (Fsp3) is 0.385. The van der Waals surface area contributed by atoms with Crippen LogP contribution in [0.4, 0.5) is 5.69 Å². The molecule has 0 aliphatic carbocycles. The van der Waals surface area contributed by atoms with E-state index in [4.69, 9.17) is 4.74 Å². The van der Waals surface area contributed by atoms with Crippen LogP contribution in [0.15, 0.2) is 24.3 Å². The highest BCUT2D eigenvalue weighted by Gasteiger charge is 2.12. The van der Waals surface area contributed by atoms with Crippen LogP contribution in [0.1, 0.15) is 30.6 Å². The Hall–Kier alpha value is -2.44. The predicted molar refractivity (Wildman–Crippen MR) is 71.3 cm³/mol. The summed E-state index contributed by atoms with van der Waals surface area (Å²) in [5.74, 6) is -0.870. The number of nitrogens with one attached hydrogen (secondary N) is 1. The van der Waals surface area contributed by atoms with Gasteiger partial charge in [0.15, 0.2) is 0 Å². The molecule has 0 aliphatic rings. The zero-order valence-corrected chi connectivity index (χ0v) is 11.3. The Morgan fingerprint density at radius 2 is 2.10 bits per heavy atom. The first-order chi connectivity index (χ1) is 9.40. The molecule has 0 saturated carbocycles. The third-order valence-corrected chi connectivity index (χ3v) is 2.30. The van der Waals surface area contributed by atoms with Crippen LogP contribution in [0.3, 0.4) is 0 Å². The smallest absolute Gasteiger partial charge is 0.307 e. The van der Waals surface area contributed by atoms with Crippen molar-refractivity contribution in [1.82, 2.24) is 5.32 Å². The van der Waals surface area contributed by atoms with Crippen LogP contribution >= 0.6 is 0 Å². The minimum Gasteiger partial charge on any atom is -0.463 e. The second-order valence-corrected chi connectivity index (χ2v) is 4.35. The highest BCUT2D eigenvalue weighted by molar-refractivity contribution is 5.94. The van der Waals surface area contributed by atoms with Crippen LogP contribution in [0, 0.1) is 10.1 Å². The molecule has 1 amide bonds. The van der Waals surface area contributed by atoms with Gasteiger partial charge in [0.05, 0.1) is 17.4 Å². The van der Waals surface area contributed by atoms with Gasteiger partial charge in [-0.1, -0.05) is 6.07 Å². The second-order valence-electron chi connectivity index (χ2n) is 4.35. The molecular formula is C13H16N2O5. The van der Waals surface area contributed by atoms with E-state index in [2.05, 4.69) is 5.32 Å². The van der Waals surface area contributed by atoms with Crippen molar-refractivity contribution in [2.75, 3.05) is 6.54 Å². The Bertz CT molecular complexity index is 513. The Labute approximate surface area is 116 Å². The molecule has 0 unspecified atom stereocenters. The maximum absolute atomic E-state index is 11.7. The average molecular weight is 280 g/mol. The Morgan fingerprint density at radius 3 is 2.70 bits per heavy atom. The van der Waals surface area contributed by atoms with Crippen LogP contribution in [0.25, 0.3) is 0 Å². The number of ether oxygens (including phenoxy) is 1. The summed E-state index contributed by atoms with van der Waals surface area (Å²) in [5, 5.41) is 13.1. The number of benzene rings is 1. The molecule has 1 N–H and O–H groups in total. The highest BCUT2D eigenvalue weighted by Crippen LogP contribution is 2.12. The molecule has 0 heterocycles. The van der Waals surface area contributed by atoms with E-state index >= 15 is 0 Å². The van der Waals surface area contributed by atoms with Crippen LogP contribution in [-0.2, 0) is 9.53 Å². The zero-order valence-electron chi connectivity index (χ0n) is 11.3. The number of nitro groups is 1. The summed E-state index contributed by atoms with van der Waals surface area (Å²) in [6.07, 6.45) is -0.145. The highest BCUT2D eigenvalue weighted by atomic mass is 16.6. The molecule has 7 nitrogen and oxygen atoms in total. The third-order valence-electron chi connectivity index (χ3n) is 2.30. The number of carbonyl (C=O) groups excluding carboxylic acids is 2. The van der Waals surface area contributed by atoms with E-state index in [1.165, 1.54) is 24.3 Å². The lowest BCUT2D eigenvalue weighted by Gasteiger charge is -2.08. The van der Waals surface area contributed by atoms with Crippen molar-refractivity contribution in [1.29, 1.82) is 0 Å². The summed E-state index contributed by atoms with van der Waals surface area (Å²) in [6, 6.07) is 5.38. The first kappa shape index (κ1) is 15.6. The monoisotopic (exact) mass is 280 g/mol. The van der Waals surface area contributed by atoms with Crippen molar-refractivity contribution < 1.29 is 19.2 Å². The van der Waals surface area contributed by atoms with Crippen molar-refractivity contribution in [2.45, 2.75) is 26.4 Å². The molecule has 0 atom stereocenters. The fourth-order valence-corrected chi connectivity index (χ4v) is 1.46. The molecule has 0 aromatic heterocycles. The Balaban J connectivity index is 2.49. The maximum atomic E-state index is 11.7. The fourth-order valence-electron chi connectivity index (χ4n) is 1.46. The van der Waals surface area contributed by atoms with E-state index in [0.717, 1.165) is 0 Å². The first-order valence-electron chi connectivity index (χ1n) is 6.12. The number of hydrogen-bond acceptors (Lipinski definition) is 5. The van der Waals surface area contributed by atoms with E-state index in [-0.39, 0.29) is 30.3 Å². The molecule has 0 fully saturated rings. The van der Waals surface area contributed by atoms with Gasteiger partial charge >= 0.3 is 5.97 Å². The number of carbonyl (C=O) groups is 2. The largest absolute Gasteiger partial charge is 0.463 e. The summed E-state index contributed by atoms with van der Waals surface area (Å²) >= 11 is 0. The molecule has 0 spiro atoms. The van der Waals surface area contributed by atoms with E-state index in [0.29, 0.717) is 0 Å². The lowest BCUT2D eigenvalue weighted by atomic mass is 10.2. The zero-order chi connectivity index (χ0) is 15.1. The van der Waals surface area contributed by atoms with Crippen molar-refractivity contribution >= 4 is 17.6 Å². The average Bonchev–Trinajstić information content (AvgIpc) is 2.37. The van der Waals surface area contributed by atoms with Gasteiger partial charge in [-0.3, -0.25) is 19.7 Å². The van der Waals surface area contributed by atoms with Crippen LogP contribution < -0.4 is 5.32 Å². The topological polar surface area (TPSA) is 98.5 Å². The van der Waals surface area contributed by atoms with Crippen molar-refractivity contribution in [3.05, 3.63) is 39.9 Å². The number of esters is 1. The van der Waals surface area contributed by atoms with Crippen LogP contribution in [-0.4, -0.2) is 29.4 Å². The van der Waals surface area contributed by atoms with Gasteiger partial charge in [0.1, 0.15) is 0 Å². The quantitative estimate of drug-likeness (QED) is 0.485. The molecule has 108 valence electrons. The van der Waals surface area contributed by atoms with Gasteiger partial charge in [0, 0.05) is 24.2 Å². The number of amides is 1. The second kappa shape index (κ2) is 7.22. The minimum absolute atomic E-state index is 0.0544. The molecule has 1 aromatic carbocycles. The van der Waals surface area contributed by atoms with Gasteiger partial charge in [-0.05, 0) is 19.9 Å². The number of non-ortho nitro benzene ring substituents is 1. The summed E-state index contributed by atoms with van der Waals surface area (Å²) in [6.45, 7) is 3.59. The summed E-state index contributed by atoms with van der Waals surface area (Å²) in [5.41, 5.74) is 0.0216. The van der Waals surface area contributed by atoms with Crippen molar-refractivity contribution in [3.8, 4) is 0 Å². The summed E-state index contributed by atoms with van der Waals surface area (Å²) < 4.78 is 4.91. The molecule has 0 aliphatic heterocycles. The molecule has 0 radical (unpaired) electrons. The van der Waals surface area contributed by atoms with E-state index in [9.17, 15) is 19.7 Å². The number of rotatable bonds is 6. The van der Waals surface area contributed by atoms with Crippen molar-refractivity contribution in [2.24, 2.45) is 0 Å². The number of nitrogens with zero attached hydrogens (tertiary/aromatic N) is 1. The molecule has 1 aromatic rings. The molecule has 0 bridgehead atoms. The third kappa shape index (κ3) is 5.05. The summed E-state index contributed by atoms with van der Waals surface area (Å²) in [4.78, 5) is 33.0. The molecule has 20 heavy (non-hydrogen) atoms. The van der Waals surface area contributed by atoms with Gasteiger partial charge in [0.25, 0.3) is 11.6 Å². The molecule has 7 heteroatoms. The van der Waals surface area contributed by atoms with Gasteiger partial charge in [0.2, 0.25) is 0 Å². The lowest BCUT2D eigenvalue weighted by Crippen LogP contribution is -2.27. The predicted octanol–water partition coefficient (Wildman–Crippen LogP) is 1.67. The van der Waals surface area contributed by atoms with E-state index in [1.807, 2.05) is 0 Å². The van der Waals surface area contributed by atoms with Gasteiger partial charge in [-0.25, -0.2) is 0 Å².